The number of hydrogen-bond donors (Lipinski definition) is 1. The largest absolute Gasteiger partial charge is 0.492 e. The Morgan fingerprint density at radius 3 is 3.06 bits per heavy atom. The van der Waals surface area contributed by atoms with E-state index in [4.69, 9.17) is 4.74 Å². The van der Waals surface area contributed by atoms with E-state index < -0.39 is 0 Å². The third-order valence-electron chi connectivity index (χ3n) is 2.47. The minimum Gasteiger partial charge on any atom is -0.492 e. The second-order valence-corrected chi connectivity index (χ2v) is 4.73. The summed E-state index contributed by atoms with van der Waals surface area (Å²) in [5.41, 5.74) is 0.733. The summed E-state index contributed by atoms with van der Waals surface area (Å²) in [7, 11) is 0. The van der Waals surface area contributed by atoms with Crippen molar-refractivity contribution in [2.75, 3.05) is 30.1 Å². The molecule has 2 rings (SSSR count). The zero-order valence-electron chi connectivity index (χ0n) is 9.81. The van der Waals surface area contributed by atoms with Gasteiger partial charge < -0.3 is 15.0 Å². The van der Waals surface area contributed by atoms with Gasteiger partial charge in [0.2, 0.25) is 0 Å². The Hall–Kier alpha value is -1.36. The van der Waals surface area contributed by atoms with Crippen molar-refractivity contribution >= 4 is 23.5 Å². The van der Waals surface area contributed by atoms with Gasteiger partial charge in [0.05, 0.1) is 18.2 Å². The monoisotopic (exact) mass is 252 g/mol. The Balaban J connectivity index is 2.04. The van der Waals surface area contributed by atoms with E-state index >= 15 is 0 Å². The van der Waals surface area contributed by atoms with Gasteiger partial charge in [0, 0.05) is 12.3 Å². The van der Waals surface area contributed by atoms with Gasteiger partial charge >= 0.3 is 6.03 Å². The number of benzene rings is 1. The van der Waals surface area contributed by atoms with Crippen LogP contribution in [0.5, 0.6) is 5.75 Å². The number of rotatable bonds is 3. The summed E-state index contributed by atoms with van der Waals surface area (Å²) in [4.78, 5) is 13.7. The maximum absolute atomic E-state index is 11.9. The molecule has 0 unspecified atom stereocenters. The lowest BCUT2D eigenvalue weighted by atomic mass is 10.3. The van der Waals surface area contributed by atoms with Gasteiger partial charge in [0.15, 0.2) is 0 Å². The first-order valence-electron chi connectivity index (χ1n) is 5.66. The molecule has 5 heteroatoms. The molecule has 1 N–H and O–H groups in total. The molecule has 1 aliphatic rings. The lowest BCUT2D eigenvalue weighted by Crippen LogP contribution is -2.32. The molecule has 1 aromatic rings. The molecule has 0 spiro atoms. The van der Waals surface area contributed by atoms with E-state index in [1.807, 2.05) is 31.2 Å². The van der Waals surface area contributed by atoms with Crippen molar-refractivity contribution in [3.8, 4) is 5.75 Å². The van der Waals surface area contributed by atoms with E-state index in [2.05, 4.69) is 5.32 Å². The van der Waals surface area contributed by atoms with Crippen LogP contribution in [0, 0.1) is 0 Å². The number of amides is 2. The van der Waals surface area contributed by atoms with Gasteiger partial charge in [-0.15, -0.1) is 11.8 Å². The van der Waals surface area contributed by atoms with Crippen LogP contribution in [0.15, 0.2) is 24.3 Å². The van der Waals surface area contributed by atoms with Crippen LogP contribution in [0.2, 0.25) is 0 Å². The zero-order chi connectivity index (χ0) is 12.1. The number of para-hydroxylation sites is 2. The topological polar surface area (TPSA) is 41.6 Å². The average Bonchev–Trinajstić information content (AvgIpc) is 2.85. The van der Waals surface area contributed by atoms with Crippen molar-refractivity contribution in [2.45, 2.75) is 6.92 Å². The third-order valence-corrected chi connectivity index (χ3v) is 3.43. The fourth-order valence-electron chi connectivity index (χ4n) is 1.62. The van der Waals surface area contributed by atoms with Crippen LogP contribution in [0.25, 0.3) is 0 Å². The van der Waals surface area contributed by atoms with E-state index in [1.54, 1.807) is 16.7 Å². The van der Waals surface area contributed by atoms with Gasteiger partial charge in [-0.2, -0.15) is 0 Å². The van der Waals surface area contributed by atoms with Crippen molar-refractivity contribution in [3.05, 3.63) is 24.3 Å². The standard InChI is InChI=1S/C12H16N2O2S/c1-2-16-11-6-4-3-5-10(11)13-12(15)14-7-8-17-9-14/h3-6H,2,7-9H2,1H3,(H,13,15). The summed E-state index contributed by atoms with van der Waals surface area (Å²) >= 11 is 1.77. The molecule has 0 bridgehead atoms. The fraction of sp³-hybridized carbons (Fsp3) is 0.417. The highest BCUT2D eigenvalue weighted by molar-refractivity contribution is 7.99. The normalized spacial score (nSPS) is 14.8. The van der Waals surface area contributed by atoms with Gasteiger partial charge in [0.1, 0.15) is 5.75 Å². The molecule has 0 atom stereocenters. The van der Waals surface area contributed by atoms with E-state index in [1.165, 1.54) is 0 Å². The summed E-state index contributed by atoms with van der Waals surface area (Å²) in [5, 5.41) is 2.89. The van der Waals surface area contributed by atoms with Crippen molar-refractivity contribution in [3.63, 3.8) is 0 Å². The summed E-state index contributed by atoms with van der Waals surface area (Å²) in [6, 6.07) is 7.44. The maximum Gasteiger partial charge on any atom is 0.322 e. The lowest BCUT2D eigenvalue weighted by molar-refractivity contribution is 0.224. The number of hydrogen-bond acceptors (Lipinski definition) is 3. The van der Waals surface area contributed by atoms with Gasteiger partial charge in [-0.05, 0) is 19.1 Å². The summed E-state index contributed by atoms with van der Waals surface area (Å²) in [6.45, 7) is 3.33. The highest BCUT2D eigenvalue weighted by Crippen LogP contribution is 2.24. The molecule has 1 aromatic carbocycles. The molecule has 0 saturated carbocycles. The number of nitrogens with one attached hydrogen (secondary N) is 1. The molecule has 1 fully saturated rings. The third kappa shape index (κ3) is 3.06. The Bertz CT molecular complexity index is 392. The number of carbonyl (C=O) groups is 1. The molecular formula is C12H16N2O2S. The van der Waals surface area contributed by atoms with Crippen LogP contribution in [-0.4, -0.2) is 35.7 Å². The lowest BCUT2D eigenvalue weighted by Gasteiger charge is -2.17. The molecule has 92 valence electrons. The number of carbonyl (C=O) groups excluding carboxylic acids is 1. The average molecular weight is 252 g/mol. The number of nitrogens with zero attached hydrogens (tertiary/aromatic N) is 1. The van der Waals surface area contributed by atoms with Crippen molar-refractivity contribution < 1.29 is 9.53 Å². The SMILES string of the molecule is CCOc1ccccc1NC(=O)N1CCSC1. The predicted molar refractivity (Wildman–Crippen MR) is 70.7 cm³/mol. The van der Waals surface area contributed by atoms with E-state index in [9.17, 15) is 4.79 Å². The molecule has 1 heterocycles. The van der Waals surface area contributed by atoms with Crippen molar-refractivity contribution in [1.82, 2.24) is 4.90 Å². The molecule has 0 aromatic heterocycles. The predicted octanol–water partition coefficient (Wildman–Crippen LogP) is 2.62. The van der Waals surface area contributed by atoms with Crippen LogP contribution in [-0.2, 0) is 0 Å². The second kappa shape index (κ2) is 5.82. The first-order chi connectivity index (χ1) is 8.31. The minimum atomic E-state index is -0.0536. The fourth-order valence-corrected chi connectivity index (χ4v) is 2.57. The molecule has 1 aliphatic heterocycles. The number of thioether (sulfide) groups is 1. The van der Waals surface area contributed by atoms with E-state index in [-0.39, 0.29) is 6.03 Å². The van der Waals surface area contributed by atoms with Crippen molar-refractivity contribution in [2.24, 2.45) is 0 Å². The van der Waals surface area contributed by atoms with Gasteiger partial charge in [-0.3, -0.25) is 0 Å². The first-order valence-corrected chi connectivity index (χ1v) is 6.82. The molecular weight excluding hydrogens is 236 g/mol. The summed E-state index contributed by atoms with van der Waals surface area (Å²) < 4.78 is 5.46. The molecule has 0 aliphatic carbocycles. The van der Waals surface area contributed by atoms with Crippen LogP contribution in [0.4, 0.5) is 10.5 Å². The summed E-state index contributed by atoms with van der Waals surface area (Å²) in [5.74, 6) is 2.50. The van der Waals surface area contributed by atoms with Gasteiger partial charge in [-0.25, -0.2) is 4.79 Å². The van der Waals surface area contributed by atoms with Crippen LogP contribution in [0.1, 0.15) is 6.92 Å². The van der Waals surface area contributed by atoms with Crippen LogP contribution < -0.4 is 10.1 Å². The van der Waals surface area contributed by atoms with Gasteiger partial charge in [-0.1, -0.05) is 12.1 Å². The number of ether oxygens (including phenoxy) is 1. The maximum atomic E-state index is 11.9. The highest BCUT2D eigenvalue weighted by Gasteiger charge is 2.19. The molecule has 17 heavy (non-hydrogen) atoms. The minimum absolute atomic E-state index is 0.0536. The van der Waals surface area contributed by atoms with E-state index in [0.29, 0.717) is 6.61 Å². The Morgan fingerprint density at radius 1 is 1.53 bits per heavy atom. The quantitative estimate of drug-likeness (QED) is 0.899. The van der Waals surface area contributed by atoms with Crippen LogP contribution >= 0.6 is 11.8 Å². The Labute approximate surface area is 105 Å². The van der Waals surface area contributed by atoms with Crippen LogP contribution in [0.3, 0.4) is 0 Å². The van der Waals surface area contributed by atoms with Crippen molar-refractivity contribution in [1.29, 1.82) is 0 Å². The molecule has 2 amide bonds. The Kier molecular flexibility index (Phi) is 4.14. The molecule has 4 nitrogen and oxygen atoms in total. The van der Waals surface area contributed by atoms with Gasteiger partial charge in [0.25, 0.3) is 0 Å². The first kappa shape index (κ1) is 12.1. The van der Waals surface area contributed by atoms with E-state index in [0.717, 1.165) is 29.6 Å². The second-order valence-electron chi connectivity index (χ2n) is 3.66. The summed E-state index contributed by atoms with van der Waals surface area (Å²) in [6.07, 6.45) is 0. The molecule has 0 radical (unpaired) electrons. The molecule has 1 saturated heterocycles. The highest BCUT2D eigenvalue weighted by atomic mass is 32.2. The number of urea groups is 1. The Morgan fingerprint density at radius 2 is 2.35 bits per heavy atom. The zero-order valence-corrected chi connectivity index (χ0v) is 10.6. The number of anilines is 1. The smallest absolute Gasteiger partial charge is 0.322 e.